The van der Waals surface area contributed by atoms with E-state index in [2.05, 4.69) is 0 Å². The van der Waals surface area contributed by atoms with E-state index in [0.29, 0.717) is 12.8 Å². The second-order valence-corrected chi connectivity index (χ2v) is 8.95. The number of rotatable bonds is 10. The Labute approximate surface area is 197 Å². The van der Waals surface area contributed by atoms with Crippen molar-refractivity contribution in [1.82, 2.24) is 0 Å². The molecule has 4 nitrogen and oxygen atoms in total. The standard InChI is InChI=1S/C20H24F12O4/c21-17(22,23)15(33,18(24,25)26)6-1-9-35-14(8-5-12-3-4-13(14)11-12)36-10-2-7-16(34,19(27,28)29)20(30,31)32/h3-4,12-13,33-34H,1-2,5-11H2. The molecule has 0 heterocycles. The highest BCUT2D eigenvalue weighted by Gasteiger charge is 2.70. The molecule has 2 aliphatic carbocycles. The van der Waals surface area contributed by atoms with Crippen LogP contribution < -0.4 is 0 Å². The van der Waals surface area contributed by atoms with Crippen molar-refractivity contribution in [2.75, 3.05) is 13.2 Å². The van der Waals surface area contributed by atoms with Gasteiger partial charge in [0, 0.05) is 12.3 Å². The number of allylic oxidation sites excluding steroid dienone is 1. The monoisotopic (exact) mass is 556 g/mol. The number of hydrogen-bond donors (Lipinski definition) is 2. The van der Waals surface area contributed by atoms with Crippen LogP contribution in [0.15, 0.2) is 12.2 Å². The number of alkyl halides is 12. The summed E-state index contributed by atoms with van der Waals surface area (Å²) >= 11 is 0. The van der Waals surface area contributed by atoms with Crippen molar-refractivity contribution in [2.45, 2.75) is 86.6 Å². The maximum Gasteiger partial charge on any atom is 0.426 e. The van der Waals surface area contributed by atoms with Crippen LogP contribution in [0.3, 0.4) is 0 Å². The second-order valence-electron chi connectivity index (χ2n) is 8.95. The first kappa shape index (κ1) is 31.0. The van der Waals surface area contributed by atoms with E-state index >= 15 is 0 Å². The van der Waals surface area contributed by atoms with E-state index in [4.69, 9.17) is 9.47 Å². The first-order chi connectivity index (χ1) is 16.1. The quantitative estimate of drug-likeness (QED) is 0.151. The summed E-state index contributed by atoms with van der Waals surface area (Å²) in [6, 6.07) is 0. The van der Waals surface area contributed by atoms with E-state index in [1.807, 2.05) is 0 Å². The van der Waals surface area contributed by atoms with Crippen LogP contribution >= 0.6 is 0 Å². The summed E-state index contributed by atoms with van der Waals surface area (Å²) in [4.78, 5) is 0. The molecule has 0 aromatic carbocycles. The first-order valence-corrected chi connectivity index (χ1v) is 10.8. The smallest absolute Gasteiger partial charge is 0.374 e. The van der Waals surface area contributed by atoms with Gasteiger partial charge in [0.25, 0.3) is 11.2 Å². The van der Waals surface area contributed by atoms with Gasteiger partial charge in [-0.15, -0.1) is 0 Å². The summed E-state index contributed by atoms with van der Waals surface area (Å²) in [5, 5.41) is 18.4. The number of halogens is 12. The van der Waals surface area contributed by atoms with Crippen molar-refractivity contribution < 1.29 is 72.4 Å². The Balaban J connectivity index is 2.05. The fourth-order valence-corrected chi connectivity index (χ4v) is 4.32. The van der Waals surface area contributed by atoms with Gasteiger partial charge in [-0.3, -0.25) is 0 Å². The summed E-state index contributed by atoms with van der Waals surface area (Å²) in [6.45, 7) is -1.56. The average Bonchev–Trinajstić information content (AvgIpc) is 3.11. The molecule has 2 unspecified atom stereocenters. The third-order valence-electron chi connectivity index (χ3n) is 6.54. The zero-order valence-corrected chi connectivity index (χ0v) is 18.4. The molecule has 0 amide bonds. The van der Waals surface area contributed by atoms with Gasteiger partial charge in [-0.1, -0.05) is 12.2 Å². The van der Waals surface area contributed by atoms with E-state index < -0.39 is 86.5 Å². The lowest BCUT2D eigenvalue weighted by molar-refractivity contribution is -0.371. The van der Waals surface area contributed by atoms with Crippen LogP contribution in [0.4, 0.5) is 52.7 Å². The zero-order valence-electron chi connectivity index (χ0n) is 18.4. The largest absolute Gasteiger partial charge is 0.426 e. The average molecular weight is 556 g/mol. The Kier molecular flexibility index (Phi) is 8.72. The maximum absolute atomic E-state index is 12.8. The van der Waals surface area contributed by atoms with Crippen molar-refractivity contribution in [3.05, 3.63) is 12.2 Å². The molecule has 0 radical (unpaired) electrons. The molecule has 0 saturated heterocycles. The van der Waals surface area contributed by atoms with Crippen LogP contribution in [0.1, 0.15) is 44.9 Å². The lowest BCUT2D eigenvalue weighted by Crippen LogP contribution is -2.57. The number of ether oxygens (including phenoxy) is 2. The number of fused-ring (bicyclic) bond motifs is 2. The molecule has 1 saturated carbocycles. The van der Waals surface area contributed by atoms with E-state index in [0.717, 1.165) is 0 Å². The second kappa shape index (κ2) is 10.1. The topological polar surface area (TPSA) is 58.9 Å². The van der Waals surface area contributed by atoms with Crippen molar-refractivity contribution in [2.24, 2.45) is 11.8 Å². The van der Waals surface area contributed by atoms with Gasteiger partial charge in [-0.2, -0.15) is 52.7 Å². The minimum Gasteiger partial charge on any atom is -0.374 e. The van der Waals surface area contributed by atoms with E-state index in [-0.39, 0.29) is 12.3 Å². The van der Waals surface area contributed by atoms with Crippen LogP contribution in [0.5, 0.6) is 0 Å². The maximum atomic E-state index is 12.8. The van der Waals surface area contributed by atoms with Gasteiger partial charge in [-0.25, -0.2) is 0 Å². The third-order valence-corrected chi connectivity index (χ3v) is 6.54. The Morgan fingerprint density at radius 2 is 1.06 bits per heavy atom. The van der Waals surface area contributed by atoms with Crippen LogP contribution in [-0.4, -0.2) is 65.1 Å². The Morgan fingerprint density at radius 1 is 0.667 bits per heavy atom. The first-order valence-electron chi connectivity index (χ1n) is 10.8. The molecule has 212 valence electrons. The number of hydrogen-bond acceptors (Lipinski definition) is 4. The molecule has 0 aromatic rings. The Hall–Kier alpha value is -1.26. The van der Waals surface area contributed by atoms with Gasteiger partial charge in [0.1, 0.15) is 0 Å². The van der Waals surface area contributed by atoms with Crippen LogP contribution in [0, 0.1) is 11.8 Å². The Bertz CT molecular complexity index is 695. The molecule has 2 N–H and O–H groups in total. The van der Waals surface area contributed by atoms with Crippen molar-refractivity contribution in [1.29, 1.82) is 0 Å². The zero-order chi connectivity index (χ0) is 27.8. The predicted octanol–water partition coefficient (Wildman–Crippen LogP) is 5.97. The third kappa shape index (κ3) is 6.07. The van der Waals surface area contributed by atoms with Gasteiger partial charge < -0.3 is 19.7 Å². The van der Waals surface area contributed by atoms with E-state index in [9.17, 15) is 62.9 Å². The van der Waals surface area contributed by atoms with Gasteiger partial charge in [0.15, 0.2) is 5.79 Å². The highest BCUT2D eigenvalue weighted by atomic mass is 19.4. The fraction of sp³-hybridized carbons (Fsp3) is 0.900. The summed E-state index contributed by atoms with van der Waals surface area (Å²) < 4.78 is 165. The highest BCUT2D eigenvalue weighted by molar-refractivity contribution is 5.11. The molecule has 0 spiro atoms. The molecule has 1 fully saturated rings. The lowest BCUT2D eigenvalue weighted by Gasteiger charge is -2.42. The van der Waals surface area contributed by atoms with Crippen LogP contribution in [0.25, 0.3) is 0 Å². The van der Waals surface area contributed by atoms with Crippen LogP contribution in [-0.2, 0) is 9.47 Å². The molecular formula is C20H24F12O4. The van der Waals surface area contributed by atoms with Crippen LogP contribution in [0.2, 0.25) is 0 Å². The minimum atomic E-state index is -6.03. The number of aliphatic hydroxyl groups is 2. The molecular weight excluding hydrogens is 532 g/mol. The molecule has 2 aliphatic rings. The van der Waals surface area contributed by atoms with Gasteiger partial charge >= 0.3 is 24.7 Å². The predicted molar refractivity (Wildman–Crippen MR) is 97.2 cm³/mol. The molecule has 2 rings (SSSR count). The molecule has 0 aliphatic heterocycles. The summed E-state index contributed by atoms with van der Waals surface area (Å²) in [7, 11) is 0. The Morgan fingerprint density at radius 3 is 1.42 bits per heavy atom. The summed E-state index contributed by atoms with van der Waals surface area (Å²) in [6.07, 6.45) is -25.5. The molecule has 2 atom stereocenters. The van der Waals surface area contributed by atoms with Crippen molar-refractivity contribution in [3.8, 4) is 0 Å². The fourth-order valence-electron chi connectivity index (χ4n) is 4.32. The van der Waals surface area contributed by atoms with Gasteiger partial charge in [0.2, 0.25) is 0 Å². The lowest BCUT2D eigenvalue weighted by atomic mass is 9.82. The SMILES string of the molecule is OC(CCCOC1(OCCCC(O)(C(F)(F)F)C(F)(F)F)CCC2C=CC1C2)(C(F)(F)F)C(F)(F)F. The van der Waals surface area contributed by atoms with Crippen molar-refractivity contribution in [3.63, 3.8) is 0 Å². The minimum absolute atomic E-state index is 0.0148. The van der Waals surface area contributed by atoms with E-state index in [1.54, 1.807) is 12.2 Å². The van der Waals surface area contributed by atoms with Gasteiger partial charge in [-0.05, 0) is 44.4 Å². The van der Waals surface area contributed by atoms with Crippen molar-refractivity contribution >= 4 is 0 Å². The molecule has 16 heteroatoms. The molecule has 0 aromatic heterocycles. The van der Waals surface area contributed by atoms with E-state index in [1.165, 1.54) is 0 Å². The normalized spacial score (nSPS) is 23.4. The molecule has 2 bridgehead atoms. The summed E-state index contributed by atoms with van der Waals surface area (Å²) in [5.74, 6) is -2.27. The summed E-state index contributed by atoms with van der Waals surface area (Å²) in [5.41, 5.74) is -10.00. The molecule has 36 heavy (non-hydrogen) atoms. The highest BCUT2D eigenvalue weighted by Crippen LogP contribution is 2.49. The van der Waals surface area contributed by atoms with Gasteiger partial charge in [0.05, 0.1) is 13.2 Å².